The van der Waals surface area contributed by atoms with Gasteiger partial charge in [-0.25, -0.2) is 0 Å². The van der Waals surface area contributed by atoms with Crippen LogP contribution in [0.4, 0.5) is 0 Å². The van der Waals surface area contributed by atoms with Gasteiger partial charge < -0.3 is 15.2 Å². The van der Waals surface area contributed by atoms with E-state index in [0.717, 1.165) is 13.0 Å². The second-order valence-electron chi connectivity index (χ2n) is 3.23. The zero-order valence-electron chi connectivity index (χ0n) is 13.8. The van der Waals surface area contributed by atoms with Crippen LogP contribution in [0.5, 0.6) is 0 Å². The van der Waals surface area contributed by atoms with Crippen molar-refractivity contribution in [2.75, 3.05) is 6.54 Å². The van der Waals surface area contributed by atoms with Crippen molar-refractivity contribution in [3.63, 3.8) is 0 Å². The molecule has 0 saturated heterocycles. The van der Waals surface area contributed by atoms with Crippen LogP contribution >= 0.6 is 0 Å². The van der Waals surface area contributed by atoms with E-state index in [4.69, 9.17) is 4.74 Å². The van der Waals surface area contributed by atoms with Crippen molar-refractivity contribution in [1.82, 2.24) is 5.32 Å². The average Bonchev–Trinajstić information content (AvgIpc) is 2.47. The normalized spacial score (nSPS) is 11.7. The predicted octanol–water partition coefficient (Wildman–Crippen LogP) is 4.93. The number of aliphatic hydroxyl groups is 1. The van der Waals surface area contributed by atoms with Gasteiger partial charge in [-0.2, -0.15) is 0 Å². The standard InChI is InChI=1S/C12H21NO2.2C2H6/c1-6-11(13-7-2)9(4)12(14)10(5)15-8-3;2*1-2/h8,11,13-14H,3-4,6-7H2,1-2,5H3;2*1-2H3/b12-10-;;. The maximum atomic E-state index is 9.81. The molecule has 1 atom stereocenters. The smallest absolute Gasteiger partial charge is 0.157 e. The molecule has 0 amide bonds. The Kier molecular flexibility index (Phi) is 20.2. The third-order valence-electron chi connectivity index (χ3n) is 2.18. The minimum atomic E-state index is 0.0818. The molecule has 0 aromatic rings. The van der Waals surface area contributed by atoms with Gasteiger partial charge in [-0.15, -0.1) is 0 Å². The summed E-state index contributed by atoms with van der Waals surface area (Å²) >= 11 is 0. The van der Waals surface area contributed by atoms with Gasteiger partial charge in [0.25, 0.3) is 0 Å². The molecule has 0 aliphatic rings. The SMILES string of the molecule is C=CO/C(C)=C(\O)C(=C)C(CC)NCC.CC.CC. The zero-order valence-corrected chi connectivity index (χ0v) is 13.8. The van der Waals surface area contributed by atoms with Crippen LogP contribution < -0.4 is 5.32 Å². The molecule has 0 radical (unpaired) electrons. The van der Waals surface area contributed by atoms with E-state index < -0.39 is 0 Å². The first-order valence-corrected chi connectivity index (χ1v) is 7.18. The maximum absolute atomic E-state index is 9.81. The Morgan fingerprint density at radius 1 is 1.26 bits per heavy atom. The molecule has 1 unspecified atom stereocenters. The lowest BCUT2D eigenvalue weighted by atomic mass is 10.0. The second kappa shape index (κ2) is 16.8. The van der Waals surface area contributed by atoms with Crippen molar-refractivity contribution in [3.05, 3.63) is 36.5 Å². The average molecular weight is 271 g/mol. The third kappa shape index (κ3) is 10.4. The highest BCUT2D eigenvalue weighted by molar-refractivity contribution is 5.28. The molecule has 0 rings (SSSR count). The molecule has 3 nitrogen and oxygen atoms in total. The van der Waals surface area contributed by atoms with Crippen molar-refractivity contribution < 1.29 is 9.84 Å². The topological polar surface area (TPSA) is 41.5 Å². The minimum absolute atomic E-state index is 0.0818. The Labute approximate surface area is 120 Å². The van der Waals surface area contributed by atoms with Gasteiger partial charge >= 0.3 is 0 Å². The molecule has 0 aliphatic heterocycles. The number of allylic oxidation sites excluding steroid dienone is 1. The summed E-state index contributed by atoms with van der Waals surface area (Å²) < 4.78 is 5.00. The molecular weight excluding hydrogens is 238 g/mol. The fraction of sp³-hybridized carbons (Fsp3) is 0.625. The lowest BCUT2D eigenvalue weighted by Gasteiger charge is -2.19. The highest BCUT2D eigenvalue weighted by Crippen LogP contribution is 2.16. The minimum Gasteiger partial charge on any atom is -0.504 e. The maximum Gasteiger partial charge on any atom is 0.157 e. The monoisotopic (exact) mass is 271 g/mol. The van der Waals surface area contributed by atoms with Gasteiger partial charge in [0.05, 0.1) is 6.26 Å². The van der Waals surface area contributed by atoms with Gasteiger partial charge in [-0.3, -0.25) is 0 Å². The zero-order chi connectivity index (χ0) is 15.8. The van der Waals surface area contributed by atoms with E-state index in [-0.39, 0.29) is 11.8 Å². The quantitative estimate of drug-likeness (QED) is 0.509. The van der Waals surface area contributed by atoms with Crippen molar-refractivity contribution in [3.8, 4) is 0 Å². The van der Waals surface area contributed by atoms with E-state index in [9.17, 15) is 5.11 Å². The molecule has 0 aliphatic carbocycles. The Hall–Kier alpha value is -1.22. The summed E-state index contributed by atoms with van der Waals surface area (Å²) in [6.45, 7) is 21.9. The van der Waals surface area contributed by atoms with Crippen LogP contribution in [0.15, 0.2) is 36.5 Å². The van der Waals surface area contributed by atoms with Crippen LogP contribution in [-0.2, 0) is 4.74 Å². The van der Waals surface area contributed by atoms with E-state index in [1.165, 1.54) is 6.26 Å². The Balaban J connectivity index is -0.000000579. The molecule has 3 heteroatoms. The van der Waals surface area contributed by atoms with Gasteiger partial charge in [-0.1, -0.05) is 54.7 Å². The Morgan fingerprint density at radius 3 is 2.05 bits per heavy atom. The molecule has 0 spiro atoms. The molecule has 0 fully saturated rings. The summed E-state index contributed by atoms with van der Waals surface area (Å²) in [4.78, 5) is 0. The van der Waals surface area contributed by atoms with E-state index in [1.54, 1.807) is 6.92 Å². The van der Waals surface area contributed by atoms with Crippen LogP contribution in [0.25, 0.3) is 0 Å². The van der Waals surface area contributed by atoms with Gasteiger partial charge in [0.1, 0.15) is 5.76 Å². The highest BCUT2D eigenvalue weighted by Gasteiger charge is 2.15. The molecule has 2 N–H and O–H groups in total. The second-order valence-corrected chi connectivity index (χ2v) is 3.23. The van der Waals surface area contributed by atoms with Crippen LogP contribution in [0.1, 0.15) is 54.9 Å². The summed E-state index contributed by atoms with van der Waals surface area (Å²) in [5, 5.41) is 13.0. The van der Waals surface area contributed by atoms with Gasteiger partial charge in [-0.05, 0) is 19.9 Å². The van der Waals surface area contributed by atoms with Crippen molar-refractivity contribution >= 4 is 0 Å². The number of ether oxygens (including phenoxy) is 1. The molecule has 114 valence electrons. The molecule has 19 heavy (non-hydrogen) atoms. The fourth-order valence-electron chi connectivity index (χ4n) is 1.33. The van der Waals surface area contributed by atoms with Gasteiger partial charge in [0, 0.05) is 11.6 Å². The molecule has 0 bridgehead atoms. The molecule has 0 aromatic carbocycles. The van der Waals surface area contributed by atoms with Crippen molar-refractivity contribution in [2.24, 2.45) is 0 Å². The van der Waals surface area contributed by atoms with Crippen molar-refractivity contribution in [1.29, 1.82) is 0 Å². The van der Waals surface area contributed by atoms with Gasteiger partial charge in [0.2, 0.25) is 0 Å². The highest BCUT2D eigenvalue weighted by atomic mass is 16.5. The van der Waals surface area contributed by atoms with Crippen LogP contribution in [0.3, 0.4) is 0 Å². The van der Waals surface area contributed by atoms with E-state index in [2.05, 4.69) is 18.5 Å². The lowest BCUT2D eigenvalue weighted by molar-refractivity contribution is 0.299. The first-order chi connectivity index (χ1) is 9.08. The van der Waals surface area contributed by atoms with Crippen molar-refractivity contribution in [2.45, 2.75) is 60.9 Å². The summed E-state index contributed by atoms with van der Waals surface area (Å²) in [5.41, 5.74) is 0.652. The van der Waals surface area contributed by atoms with Crippen LogP contribution in [0.2, 0.25) is 0 Å². The Bertz CT molecular complexity index is 257. The fourth-order valence-corrected chi connectivity index (χ4v) is 1.33. The first kappa shape index (κ1) is 22.9. The summed E-state index contributed by atoms with van der Waals surface area (Å²) in [6.07, 6.45) is 2.16. The molecule has 0 aromatic heterocycles. The molecular formula is C16H33NO2. The molecule has 0 saturated carbocycles. The Morgan fingerprint density at radius 2 is 1.74 bits per heavy atom. The lowest BCUT2D eigenvalue weighted by Crippen LogP contribution is -2.30. The summed E-state index contributed by atoms with van der Waals surface area (Å²) in [6, 6.07) is 0.0818. The summed E-state index contributed by atoms with van der Waals surface area (Å²) in [7, 11) is 0. The number of hydrogen-bond donors (Lipinski definition) is 2. The number of hydrogen-bond acceptors (Lipinski definition) is 3. The first-order valence-electron chi connectivity index (χ1n) is 7.18. The van der Waals surface area contributed by atoms with Gasteiger partial charge in [0.15, 0.2) is 5.76 Å². The van der Waals surface area contributed by atoms with E-state index in [1.807, 2.05) is 41.5 Å². The number of aliphatic hydroxyl groups excluding tert-OH is 1. The number of rotatable bonds is 7. The van der Waals surface area contributed by atoms with Crippen LogP contribution in [0, 0.1) is 0 Å². The van der Waals surface area contributed by atoms with Crippen LogP contribution in [-0.4, -0.2) is 17.7 Å². The third-order valence-corrected chi connectivity index (χ3v) is 2.18. The summed E-state index contributed by atoms with van der Waals surface area (Å²) in [5.74, 6) is 0.522. The van der Waals surface area contributed by atoms with E-state index in [0.29, 0.717) is 11.3 Å². The number of nitrogens with one attached hydrogen (secondary N) is 1. The predicted molar refractivity (Wildman–Crippen MR) is 86.2 cm³/mol. The number of likely N-dealkylation sites (N-methyl/N-ethyl adjacent to an activating group) is 1. The van der Waals surface area contributed by atoms with E-state index >= 15 is 0 Å². The largest absolute Gasteiger partial charge is 0.504 e. The molecule has 0 heterocycles.